The maximum atomic E-state index is 12.6. The average molecular weight is 343 g/mol. The SMILES string of the molecule is CN(C)c1nc2ccccc2nc1NS(=O)(=O)c1ccc(N)cc1. The van der Waals surface area contributed by atoms with Crippen molar-refractivity contribution in [1.29, 1.82) is 0 Å². The fraction of sp³-hybridized carbons (Fsp3) is 0.125. The molecule has 0 bridgehead atoms. The van der Waals surface area contributed by atoms with Crippen molar-refractivity contribution in [3.63, 3.8) is 0 Å². The molecule has 0 aliphatic carbocycles. The van der Waals surface area contributed by atoms with Crippen LogP contribution in [0.25, 0.3) is 11.0 Å². The van der Waals surface area contributed by atoms with Crippen LogP contribution in [0.3, 0.4) is 0 Å². The fourth-order valence-electron chi connectivity index (χ4n) is 2.20. The molecule has 8 heteroatoms. The van der Waals surface area contributed by atoms with Crippen LogP contribution in [0.5, 0.6) is 0 Å². The number of nitrogens with one attached hydrogen (secondary N) is 1. The zero-order valence-electron chi connectivity index (χ0n) is 13.3. The van der Waals surface area contributed by atoms with E-state index >= 15 is 0 Å². The van der Waals surface area contributed by atoms with Crippen LogP contribution < -0.4 is 15.4 Å². The highest BCUT2D eigenvalue weighted by Crippen LogP contribution is 2.26. The van der Waals surface area contributed by atoms with E-state index in [0.717, 1.165) is 0 Å². The van der Waals surface area contributed by atoms with Gasteiger partial charge in [0.2, 0.25) is 0 Å². The van der Waals surface area contributed by atoms with E-state index in [1.54, 1.807) is 25.1 Å². The van der Waals surface area contributed by atoms with Crippen LogP contribution in [0.15, 0.2) is 53.4 Å². The van der Waals surface area contributed by atoms with Crippen molar-refractivity contribution >= 4 is 38.4 Å². The lowest BCUT2D eigenvalue weighted by Crippen LogP contribution is -2.19. The summed E-state index contributed by atoms with van der Waals surface area (Å²) in [5.41, 5.74) is 7.40. The number of nitrogen functional groups attached to an aromatic ring is 1. The largest absolute Gasteiger partial charge is 0.399 e. The van der Waals surface area contributed by atoms with Crippen LogP contribution >= 0.6 is 0 Å². The summed E-state index contributed by atoms with van der Waals surface area (Å²) in [6.07, 6.45) is 0. The number of fused-ring (bicyclic) bond motifs is 1. The Morgan fingerprint density at radius 2 is 1.54 bits per heavy atom. The average Bonchev–Trinajstić information content (AvgIpc) is 2.54. The van der Waals surface area contributed by atoms with Crippen LogP contribution in [0, 0.1) is 0 Å². The minimum atomic E-state index is -3.79. The second-order valence-electron chi connectivity index (χ2n) is 5.45. The Morgan fingerprint density at radius 1 is 0.958 bits per heavy atom. The van der Waals surface area contributed by atoms with Gasteiger partial charge in [0.25, 0.3) is 10.0 Å². The molecular weight excluding hydrogens is 326 g/mol. The molecule has 0 aliphatic heterocycles. The molecule has 3 rings (SSSR count). The summed E-state index contributed by atoms with van der Waals surface area (Å²) >= 11 is 0. The fourth-order valence-corrected chi connectivity index (χ4v) is 3.21. The Bertz CT molecular complexity index is 985. The van der Waals surface area contributed by atoms with Gasteiger partial charge in [0.1, 0.15) is 0 Å². The van der Waals surface area contributed by atoms with Gasteiger partial charge in [-0.1, -0.05) is 12.1 Å². The van der Waals surface area contributed by atoms with Crippen molar-refractivity contribution in [2.45, 2.75) is 4.90 Å². The first-order valence-corrected chi connectivity index (χ1v) is 8.67. The quantitative estimate of drug-likeness (QED) is 0.703. The molecule has 0 fully saturated rings. The van der Waals surface area contributed by atoms with E-state index in [1.165, 1.54) is 24.3 Å². The number of para-hydroxylation sites is 2. The lowest BCUT2D eigenvalue weighted by Gasteiger charge is -2.17. The van der Waals surface area contributed by atoms with E-state index in [9.17, 15) is 8.42 Å². The first-order valence-electron chi connectivity index (χ1n) is 7.19. The number of nitrogens with zero attached hydrogens (tertiary/aromatic N) is 3. The standard InChI is InChI=1S/C16H17N5O2S/c1-21(2)16-15(18-13-5-3-4-6-14(13)19-16)20-24(22,23)12-9-7-11(17)8-10-12/h3-10H,17H2,1-2H3,(H,18,20). The third kappa shape index (κ3) is 3.09. The zero-order valence-corrected chi connectivity index (χ0v) is 14.1. The Kier molecular flexibility index (Phi) is 3.98. The highest BCUT2D eigenvalue weighted by atomic mass is 32.2. The van der Waals surface area contributed by atoms with Crippen LogP contribution in [-0.2, 0) is 10.0 Å². The number of rotatable bonds is 4. The van der Waals surface area contributed by atoms with E-state index in [2.05, 4.69) is 14.7 Å². The van der Waals surface area contributed by atoms with Crippen molar-refractivity contribution in [3.8, 4) is 0 Å². The van der Waals surface area contributed by atoms with Crippen molar-refractivity contribution in [1.82, 2.24) is 9.97 Å². The van der Waals surface area contributed by atoms with Gasteiger partial charge in [-0.15, -0.1) is 0 Å². The molecular formula is C16H17N5O2S. The second-order valence-corrected chi connectivity index (χ2v) is 7.14. The smallest absolute Gasteiger partial charge is 0.263 e. The number of hydrogen-bond donors (Lipinski definition) is 2. The van der Waals surface area contributed by atoms with Gasteiger partial charge in [-0.3, -0.25) is 4.72 Å². The van der Waals surface area contributed by atoms with Gasteiger partial charge in [-0.05, 0) is 36.4 Å². The van der Waals surface area contributed by atoms with Crippen LogP contribution in [0.4, 0.5) is 17.3 Å². The third-order valence-electron chi connectivity index (χ3n) is 3.40. The number of aromatic nitrogens is 2. The van der Waals surface area contributed by atoms with Crippen molar-refractivity contribution in [3.05, 3.63) is 48.5 Å². The molecule has 1 aromatic heterocycles. The minimum Gasteiger partial charge on any atom is -0.399 e. The lowest BCUT2D eigenvalue weighted by atomic mass is 10.3. The van der Waals surface area contributed by atoms with Gasteiger partial charge in [0.05, 0.1) is 15.9 Å². The molecule has 0 atom stereocenters. The monoisotopic (exact) mass is 343 g/mol. The summed E-state index contributed by atoms with van der Waals surface area (Å²) < 4.78 is 27.7. The predicted octanol–water partition coefficient (Wildman–Crippen LogP) is 2.08. The van der Waals surface area contributed by atoms with Crippen LogP contribution in [-0.4, -0.2) is 32.5 Å². The molecule has 0 unspecified atom stereocenters. The number of nitrogens with two attached hydrogens (primary N) is 1. The van der Waals surface area contributed by atoms with Gasteiger partial charge in [-0.2, -0.15) is 0 Å². The topological polar surface area (TPSA) is 101 Å². The number of anilines is 3. The van der Waals surface area contributed by atoms with Crippen molar-refractivity contribution in [2.75, 3.05) is 29.5 Å². The summed E-state index contributed by atoms with van der Waals surface area (Å²) in [4.78, 5) is 10.7. The van der Waals surface area contributed by atoms with Crippen LogP contribution in [0.2, 0.25) is 0 Å². The Morgan fingerprint density at radius 3 is 2.12 bits per heavy atom. The molecule has 1 heterocycles. The van der Waals surface area contributed by atoms with Crippen LogP contribution in [0.1, 0.15) is 0 Å². The third-order valence-corrected chi connectivity index (χ3v) is 4.75. The highest BCUT2D eigenvalue weighted by Gasteiger charge is 2.19. The second kappa shape index (κ2) is 5.97. The maximum absolute atomic E-state index is 12.6. The van der Waals surface area contributed by atoms with E-state index in [4.69, 9.17) is 5.73 Å². The maximum Gasteiger partial charge on any atom is 0.263 e. The van der Waals surface area contributed by atoms with E-state index in [-0.39, 0.29) is 10.7 Å². The molecule has 0 saturated carbocycles. The zero-order chi connectivity index (χ0) is 17.3. The molecule has 0 amide bonds. The van der Waals surface area contributed by atoms with E-state index in [0.29, 0.717) is 22.5 Å². The number of hydrogen-bond acceptors (Lipinski definition) is 6. The first kappa shape index (κ1) is 16.0. The molecule has 0 radical (unpaired) electrons. The summed E-state index contributed by atoms with van der Waals surface area (Å²) in [7, 11) is -0.234. The first-order chi connectivity index (χ1) is 11.4. The van der Waals surface area contributed by atoms with E-state index < -0.39 is 10.0 Å². The molecule has 0 saturated heterocycles. The van der Waals surface area contributed by atoms with Crippen molar-refractivity contribution < 1.29 is 8.42 Å². The Balaban J connectivity index is 2.08. The number of sulfonamides is 1. The summed E-state index contributed by atoms with van der Waals surface area (Å²) in [6.45, 7) is 0. The summed E-state index contributed by atoms with van der Waals surface area (Å²) in [5.74, 6) is 0.614. The van der Waals surface area contributed by atoms with E-state index in [1.807, 2.05) is 18.2 Å². The molecule has 0 aliphatic rings. The van der Waals surface area contributed by atoms with Gasteiger partial charge >= 0.3 is 0 Å². The highest BCUT2D eigenvalue weighted by molar-refractivity contribution is 7.92. The van der Waals surface area contributed by atoms with Gasteiger partial charge < -0.3 is 10.6 Å². The lowest BCUT2D eigenvalue weighted by molar-refractivity contribution is 0.601. The number of benzene rings is 2. The Hall–Kier alpha value is -2.87. The summed E-state index contributed by atoms with van der Waals surface area (Å²) in [6, 6.07) is 13.2. The molecule has 24 heavy (non-hydrogen) atoms. The predicted molar refractivity (Wildman–Crippen MR) is 95.5 cm³/mol. The molecule has 3 aromatic rings. The normalized spacial score (nSPS) is 11.4. The Labute approximate surface area is 140 Å². The molecule has 2 aromatic carbocycles. The van der Waals surface area contributed by atoms with Gasteiger partial charge in [0.15, 0.2) is 11.6 Å². The minimum absolute atomic E-state index is 0.108. The molecule has 124 valence electrons. The van der Waals surface area contributed by atoms with Gasteiger partial charge in [0, 0.05) is 19.8 Å². The van der Waals surface area contributed by atoms with Gasteiger partial charge in [-0.25, -0.2) is 18.4 Å². The molecule has 3 N–H and O–H groups in total. The summed E-state index contributed by atoms with van der Waals surface area (Å²) in [5, 5.41) is 0. The van der Waals surface area contributed by atoms with Crippen molar-refractivity contribution in [2.24, 2.45) is 0 Å². The molecule has 0 spiro atoms. The molecule has 7 nitrogen and oxygen atoms in total.